The highest BCUT2D eigenvalue weighted by Crippen LogP contribution is 2.02. The van der Waals surface area contributed by atoms with Crippen LogP contribution in [0.1, 0.15) is 18.4 Å². The van der Waals surface area contributed by atoms with E-state index in [1.165, 1.54) is 0 Å². The first-order valence-electron chi connectivity index (χ1n) is 5.83. The van der Waals surface area contributed by atoms with Crippen LogP contribution in [0.4, 0.5) is 0 Å². The molecule has 0 fully saturated rings. The van der Waals surface area contributed by atoms with Crippen LogP contribution in [0.2, 0.25) is 0 Å². The Morgan fingerprint density at radius 2 is 1.80 bits per heavy atom. The average molecular weight is 282 g/mol. The molecule has 1 aromatic rings. The van der Waals surface area contributed by atoms with Gasteiger partial charge in [0.05, 0.1) is 6.42 Å². The maximum atomic E-state index is 11.7. The quantitative estimate of drug-likeness (QED) is 0.604. The molecule has 7 heteroatoms. The van der Waals surface area contributed by atoms with Gasteiger partial charge in [-0.25, -0.2) is 4.79 Å². The summed E-state index contributed by atoms with van der Waals surface area (Å²) >= 11 is 0. The van der Waals surface area contributed by atoms with Crippen LogP contribution in [0.15, 0.2) is 30.3 Å². The van der Waals surface area contributed by atoms with Gasteiger partial charge in [-0.2, -0.15) is 0 Å². The van der Waals surface area contributed by atoms with Gasteiger partial charge in [0.2, 0.25) is 11.8 Å². The number of nitrogens with one attached hydrogen (secondary N) is 1. The smallest absolute Gasteiger partial charge is 0.326 e. The predicted molar refractivity (Wildman–Crippen MR) is 71.8 cm³/mol. The van der Waals surface area contributed by atoms with E-state index in [-0.39, 0.29) is 24.7 Å². The number of rotatable bonds is 7. The molecule has 0 spiro atoms. The van der Waals surface area contributed by atoms with Gasteiger partial charge in [-0.3, -0.25) is 9.59 Å². The van der Waals surface area contributed by atoms with E-state index >= 15 is 0 Å². The molecule has 1 aromatic carbocycles. The molecule has 1 rings (SSSR count). The fourth-order valence-electron chi connectivity index (χ4n) is 1.57. The number of aliphatic carboxylic acids is 1. The minimum Gasteiger partial charge on any atom is -0.480 e. The molecule has 110 valence electrons. The molecule has 0 heterocycles. The van der Waals surface area contributed by atoms with Crippen molar-refractivity contribution >= 4 is 17.8 Å². The van der Waals surface area contributed by atoms with E-state index in [2.05, 4.69) is 5.32 Å². The lowest BCUT2D eigenvalue weighted by Gasteiger charge is -2.13. The molecular formula is C13H18N2O5. The second-order valence-electron chi connectivity index (χ2n) is 4.13. The number of primary amides is 1. The van der Waals surface area contributed by atoms with Crippen molar-refractivity contribution in [1.82, 2.24) is 5.32 Å². The SMILES string of the molecule is NC(=O)CC[C@H](NC(=O)Cc1ccccc1)C(=O)O.O. The Labute approximate surface area is 116 Å². The number of hydrogen-bond acceptors (Lipinski definition) is 3. The topological polar surface area (TPSA) is 141 Å². The van der Waals surface area contributed by atoms with Crippen molar-refractivity contribution in [3.8, 4) is 0 Å². The average Bonchev–Trinajstić information content (AvgIpc) is 2.35. The van der Waals surface area contributed by atoms with Gasteiger partial charge in [0, 0.05) is 6.42 Å². The van der Waals surface area contributed by atoms with Crippen LogP contribution in [0.25, 0.3) is 0 Å². The Kier molecular flexibility index (Phi) is 7.61. The molecule has 0 saturated heterocycles. The van der Waals surface area contributed by atoms with E-state index in [1.54, 1.807) is 24.3 Å². The molecule has 20 heavy (non-hydrogen) atoms. The van der Waals surface area contributed by atoms with Gasteiger partial charge in [-0.1, -0.05) is 30.3 Å². The molecule has 0 unspecified atom stereocenters. The molecule has 0 aliphatic rings. The van der Waals surface area contributed by atoms with Crippen molar-refractivity contribution in [1.29, 1.82) is 0 Å². The molecule has 0 aliphatic carbocycles. The molecular weight excluding hydrogens is 264 g/mol. The van der Waals surface area contributed by atoms with Crippen molar-refractivity contribution in [3.05, 3.63) is 35.9 Å². The van der Waals surface area contributed by atoms with Gasteiger partial charge < -0.3 is 21.6 Å². The minimum absolute atomic E-state index is 0. The van der Waals surface area contributed by atoms with Crippen molar-refractivity contribution < 1.29 is 25.0 Å². The molecule has 0 aliphatic heterocycles. The summed E-state index contributed by atoms with van der Waals surface area (Å²) < 4.78 is 0. The second kappa shape index (κ2) is 8.65. The third kappa shape index (κ3) is 6.50. The van der Waals surface area contributed by atoms with Crippen LogP contribution in [0.3, 0.4) is 0 Å². The van der Waals surface area contributed by atoms with Crippen molar-refractivity contribution in [2.75, 3.05) is 0 Å². The van der Waals surface area contributed by atoms with Crippen molar-refractivity contribution in [2.24, 2.45) is 5.73 Å². The van der Waals surface area contributed by atoms with Crippen LogP contribution in [0.5, 0.6) is 0 Å². The summed E-state index contributed by atoms with van der Waals surface area (Å²) in [7, 11) is 0. The Morgan fingerprint density at radius 3 is 2.30 bits per heavy atom. The van der Waals surface area contributed by atoms with Gasteiger partial charge in [-0.05, 0) is 12.0 Å². The van der Waals surface area contributed by atoms with E-state index < -0.39 is 23.8 Å². The van der Waals surface area contributed by atoms with E-state index in [0.717, 1.165) is 5.56 Å². The molecule has 0 radical (unpaired) electrons. The number of benzene rings is 1. The zero-order valence-electron chi connectivity index (χ0n) is 10.8. The molecule has 7 nitrogen and oxygen atoms in total. The number of amides is 2. The highest BCUT2D eigenvalue weighted by atomic mass is 16.4. The summed E-state index contributed by atoms with van der Waals surface area (Å²) in [6, 6.07) is 7.88. The Hall–Kier alpha value is -2.41. The number of hydrogen-bond donors (Lipinski definition) is 3. The first kappa shape index (κ1) is 17.6. The Bertz CT molecular complexity index is 461. The third-order valence-corrected chi connectivity index (χ3v) is 2.52. The number of carbonyl (C=O) groups excluding carboxylic acids is 2. The zero-order valence-corrected chi connectivity index (χ0v) is 10.8. The van der Waals surface area contributed by atoms with E-state index in [4.69, 9.17) is 10.8 Å². The lowest BCUT2D eigenvalue weighted by Crippen LogP contribution is -2.42. The van der Waals surface area contributed by atoms with E-state index in [1.807, 2.05) is 6.07 Å². The number of carboxylic acid groups (broad SMARTS) is 1. The predicted octanol–water partition coefficient (Wildman–Crippen LogP) is -0.761. The van der Waals surface area contributed by atoms with E-state index in [0.29, 0.717) is 0 Å². The number of nitrogens with two attached hydrogens (primary N) is 1. The van der Waals surface area contributed by atoms with Crippen LogP contribution >= 0.6 is 0 Å². The molecule has 1 atom stereocenters. The van der Waals surface area contributed by atoms with Crippen LogP contribution in [0, 0.1) is 0 Å². The third-order valence-electron chi connectivity index (χ3n) is 2.52. The molecule has 0 saturated carbocycles. The summed E-state index contributed by atoms with van der Waals surface area (Å²) in [5.74, 6) is -2.17. The number of carboxylic acids is 1. The highest BCUT2D eigenvalue weighted by molar-refractivity contribution is 5.85. The molecule has 0 bridgehead atoms. The Morgan fingerprint density at radius 1 is 1.20 bits per heavy atom. The van der Waals surface area contributed by atoms with Crippen LogP contribution in [-0.4, -0.2) is 34.4 Å². The summed E-state index contributed by atoms with van der Waals surface area (Å²) in [5, 5.41) is 11.3. The fourth-order valence-corrected chi connectivity index (χ4v) is 1.57. The lowest BCUT2D eigenvalue weighted by molar-refractivity contribution is -0.142. The summed E-state index contributed by atoms with van der Waals surface area (Å²) in [6.07, 6.45) is 0.00890. The Balaban J connectivity index is 0.00000361. The van der Waals surface area contributed by atoms with Gasteiger partial charge in [-0.15, -0.1) is 0 Å². The summed E-state index contributed by atoms with van der Waals surface area (Å²) in [4.78, 5) is 33.2. The van der Waals surface area contributed by atoms with E-state index in [9.17, 15) is 14.4 Å². The van der Waals surface area contributed by atoms with Crippen molar-refractivity contribution in [3.63, 3.8) is 0 Å². The van der Waals surface area contributed by atoms with Gasteiger partial charge in [0.1, 0.15) is 6.04 Å². The maximum absolute atomic E-state index is 11.7. The lowest BCUT2D eigenvalue weighted by atomic mass is 10.1. The second-order valence-corrected chi connectivity index (χ2v) is 4.13. The largest absolute Gasteiger partial charge is 0.480 e. The van der Waals surface area contributed by atoms with Gasteiger partial charge >= 0.3 is 5.97 Å². The summed E-state index contributed by atoms with van der Waals surface area (Å²) in [6.45, 7) is 0. The van der Waals surface area contributed by atoms with Crippen LogP contribution < -0.4 is 11.1 Å². The maximum Gasteiger partial charge on any atom is 0.326 e. The molecule has 0 aromatic heterocycles. The monoisotopic (exact) mass is 282 g/mol. The van der Waals surface area contributed by atoms with Crippen molar-refractivity contribution in [2.45, 2.75) is 25.3 Å². The zero-order chi connectivity index (χ0) is 14.3. The van der Waals surface area contributed by atoms with Gasteiger partial charge in [0.25, 0.3) is 0 Å². The highest BCUT2D eigenvalue weighted by Gasteiger charge is 2.20. The van der Waals surface area contributed by atoms with Gasteiger partial charge in [0.15, 0.2) is 0 Å². The first-order valence-corrected chi connectivity index (χ1v) is 5.83. The fraction of sp³-hybridized carbons (Fsp3) is 0.308. The summed E-state index contributed by atoms with van der Waals surface area (Å²) in [5.41, 5.74) is 5.74. The normalized spacial score (nSPS) is 11.0. The molecule has 6 N–H and O–H groups in total. The standard InChI is InChI=1S/C13H16N2O4.H2O/c14-11(16)7-6-10(13(18)19)15-12(17)8-9-4-2-1-3-5-9;/h1-5,10H,6-8H2,(H2,14,16)(H,15,17)(H,18,19);1H2/t10-;/m0./s1. The van der Waals surface area contributed by atoms with Crippen LogP contribution in [-0.2, 0) is 20.8 Å². The number of carbonyl (C=O) groups is 3. The first-order chi connectivity index (χ1) is 8.99. The minimum atomic E-state index is -1.18. The molecule has 2 amide bonds.